The van der Waals surface area contributed by atoms with Crippen LogP contribution in [0.3, 0.4) is 0 Å². The van der Waals surface area contributed by atoms with Gasteiger partial charge in [-0.05, 0) is 40.0 Å². The number of carbonyl (C=O) groups excluding carboxylic acids is 1. The third kappa shape index (κ3) is 17.6. The van der Waals surface area contributed by atoms with Crippen LogP contribution in [-0.4, -0.2) is 50.3 Å². The molecule has 0 aliphatic heterocycles. The van der Waals surface area contributed by atoms with Crippen molar-refractivity contribution in [3.63, 3.8) is 0 Å². The van der Waals surface area contributed by atoms with E-state index in [0.717, 1.165) is 19.6 Å². The van der Waals surface area contributed by atoms with Gasteiger partial charge in [-0.2, -0.15) is 0 Å². The SMILES string of the molecule is CCNC(=NCC(=O)NC(C)(C)C)NCCOCCC(C)C.I. The molecule has 23 heavy (non-hydrogen) atoms. The van der Waals surface area contributed by atoms with E-state index in [9.17, 15) is 4.79 Å². The van der Waals surface area contributed by atoms with Crippen molar-refractivity contribution in [3.05, 3.63) is 0 Å². The zero-order chi connectivity index (χ0) is 17.0. The molecule has 0 rings (SSSR count). The first-order valence-electron chi connectivity index (χ1n) is 8.15. The minimum absolute atomic E-state index is 0. The number of rotatable bonds is 9. The van der Waals surface area contributed by atoms with E-state index in [1.807, 2.05) is 27.7 Å². The van der Waals surface area contributed by atoms with Crippen LogP contribution in [0.1, 0.15) is 48.0 Å². The number of halogens is 1. The standard InChI is InChI=1S/C16H34N4O2.HI/c1-7-17-15(18-9-11-22-10-8-13(2)3)19-12-14(21)20-16(4,5)6;/h13H,7-12H2,1-6H3,(H,20,21)(H2,17,18,19);1H. The summed E-state index contributed by atoms with van der Waals surface area (Å²) in [5.41, 5.74) is -0.233. The Bertz CT molecular complexity index is 341. The Labute approximate surface area is 158 Å². The molecule has 0 saturated heterocycles. The molecular weight excluding hydrogens is 407 g/mol. The van der Waals surface area contributed by atoms with E-state index in [1.54, 1.807) is 0 Å². The second kappa shape index (κ2) is 13.8. The maximum Gasteiger partial charge on any atom is 0.242 e. The minimum atomic E-state index is -0.233. The number of nitrogens with zero attached hydrogens (tertiary/aromatic N) is 1. The van der Waals surface area contributed by atoms with Gasteiger partial charge in [-0.15, -0.1) is 24.0 Å². The smallest absolute Gasteiger partial charge is 0.242 e. The summed E-state index contributed by atoms with van der Waals surface area (Å²) in [7, 11) is 0. The Morgan fingerprint density at radius 2 is 1.83 bits per heavy atom. The molecule has 0 unspecified atom stereocenters. The molecule has 138 valence electrons. The Balaban J connectivity index is 0. The van der Waals surface area contributed by atoms with Crippen LogP contribution in [0.25, 0.3) is 0 Å². The van der Waals surface area contributed by atoms with Crippen molar-refractivity contribution in [2.45, 2.75) is 53.5 Å². The Morgan fingerprint density at radius 1 is 1.17 bits per heavy atom. The van der Waals surface area contributed by atoms with Crippen LogP contribution < -0.4 is 16.0 Å². The van der Waals surface area contributed by atoms with E-state index in [0.29, 0.717) is 25.0 Å². The van der Waals surface area contributed by atoms with Gasteiger partial charge in [-0.3, -0.25) is 4.79 Å². The molecule has 0 aliphatic carbocycles. The maximum atomic E-state index is 11.7. The fourth-order valence-corrected chi connectivity index (χ4v) is 1.61. The van der Waals surface area contributed by atoms with Crippen LogP contribution in [-0.2, 0) is 9.53 Å². The molecule has 0 aromatic rings. The summed E-state index contributed by atoms with van der Waals surface area (Å²) in [6, 6.07) is 0. The number of nitrogens with one attached hydrogen (secondary N) is 3. The van der Waals surface area contributed by atoms with E-state index in [-0.39, 0.29) is 42.0 Å². The molecule has 0 aliphatic rings. The topological polar surface area (TPSA) is 74.8 Å². The van der Waals surface area contributed by atoms with Gasteiger partial charge in [-0.25, -0.2) is 4.99 Å². The highest BCUT2D eigenvalue weighted by molar-refractivity contribution is 14.0. The molecular formula is C16H35IN4O2. The second-order valence-electron chi connectivity index (χ2n) is 6.72. The predicted molar refractivity (Wildman–Crippen MR) is 108 cm³/mol. The summed E-state index contributed by atoms with van der Waals surface area (Å²) in [4.78, 5) is 16.0. The third-order valence-electron chi connectivity index (χ3n) is 2.62. The summed E-state index contributed by atoms with van der Waals surface area (Å²) >= 11 is 0. The van der Waals surface area contributed by atoms with Crippen LogP contribution in [0.2, 0.25) is 0 Å². The van der Waals surface area contributed by atoms with Crippen molar-refractivity contribution in [2.24, 2.45) is 10.9 Å². The monoisotopic (exact) mass is 442 g/mol. The zero-order valence-corrected chi connectivity index (χ0v) is 17.8. The zero-order valence-electron chi connectivity index (χ0n) is 15.5. The number of guanidine groups is 1. The van der Waals surface area contributed by atoms with E-state index in [2.05, 4.69) is 34.8 Å². The van der Waals surface area contributed by atoms with Crippen LogP contribution in [0.5, 0.6) is 0 Å². The molecule has 0 aromatic carbocycles. The molecule has 0 fully saturated rings. The van der Waals surface area contributed by atoms with Crippen molar-refractivity contribution < 1.29 is 9.53 Å². The Hall–Kier alpha value is -0.570. The molecule has 7 heteroatoms. The lowest BCUT2D eigenvalue weighted by Crippen LogP contribution is -2.43. The average molecular weight is 442 g/mol. The molecule has 1 amide bonds. The molecule has 0 bridgehead atoms. The predicted octanol–water partition coefficient (Wildman–Crippen LogP) is 2.14. The highest BCUT2D eigenvalue weighted by atomic mass is 127. The highest BCUT2D eigenvalue weighted by Gasteiger charge is 2.13. The fourth-order valence-electron chi connectivity index (χ4n) is 1.61. The molecule has 0 heterocycles. The highest BCUT2D eigenvalue weighted by Crippen LogP contribution is 1.98. The number of aliphatic imine (C=N–C) groups is 1. The Kier molecular flexibility index (Phi) is 14.8. The van der Waals surface area contributed by atoms with Crippen molar-refractivity contribution in [1.82, 2.24) is 16.0 Å². The number of amides is 1. The van der Waals surface area contributed by atoms with Crippen molar-refractivity contribution in [3.8, 4) is 0 Å². The van der Waals surface area contributed by atoms with Crippen LogP contribution in [0, 0.1) is 5.92 Å². The van der Waals surface area contributed by atoms with Gasteiger partial charge >= 0.3 is 0 Å². The van der Waals surface area contributed by atoms with Crippen molar-refractivity contribution in [2.75, 3.05) is 32.8 Å². The van der Waals surface area contributed by atoms with E-state index < -0.39 is 0 Å². The van der Waals surface area contributed by atoms with Crippen LogP contribution >= 0.6 is 24.0 Å². The molecule has 0 aromatic heterocycles. The lowest BCUT2D eigenvalue weighted by Gasteiger charge is -2.20. The van der Waals surface area contributed by atoms with Gasteiger partial charge in [0.2, 0.25) is 5.91 Å². The number of ether oxygens (including phenoxy) is 1. The van der Waals surface area contributed by atoms with Gasteiger partial charge < -0.3 is 20.7 Å². The first-order chi connectivity index (χ1) is 10.2. The van der Waals surface area contributed by atoms with Gasteiger partial charge in [0.05, 0.1) is 6.61 Å². The minimum Gasteiger partial charge on any atom is -0.380 e. The average Bonchev–Trinajstić information content (AvgIpc) is 2.37. The first-order valence-corrected chi connectivity index (χ1v) is 8.15. The molecule has 0 saturated carbocycles. The largest absolute Gasteiger partial charge is 0.380 e. The third-order valence-corrected chi connectivity index (χ3v) is 2.62. The summed E-state index contributed by atoms with van der Waals surface area (Å²) < 4.78 is 5.54. The van der Waals surface area contributed by atoms with E-state index >= 15 is 0 Å². The van der Waals surface area contributed by atoms with Crippen molar-refractivity contribution in [1.29, 1.82) is 0 Å². The first kappa shape index (κ1) is 24.7. The van der Waals surface area contributed by atoms with E-state index in [1.165, 1.54) is 0 Å². The van der Waals surface area contributed by atoms with Gasteiger partial charge in [0, 0.05) is 25.2 Å². The van der Waals surface area contributed by atoms with Gasteiger partial charge in [0.1, 0.15) is 6.54 Å². The quantitative estimate of drug-likeness (QED) is 0.221. The van der Waals surface area contributed by atoms with Crippen molar-refractivity contribution >= 4 is 35.8 Å². The second-order valence-corrected chi connectivity index (χ2v) is 6.72. The molecule has 0 spiro atoms. The number of hydrogen-bond acceptors (Lipinski definition) is 3. The fraction of sp³-hybridized carbons (Fsp3) is 0.875. The van der Waals surface area contributed by atoms with Gasteiger partial charge in [0.25, 0.3) is 0 Å². The normalized spacial score (nSPS) is 11.9. The van der Waals surface area contributed by atoms with E-state index in [4.69, 9.17) is 4.74 Å². The lowest BCUT2D eigenvalue weighted by molar-refractivity contribution is -0.121. The molecule has 0 radical (unpaired) electrons. The maximum absolute atomic E-state index is 11.7. The molecule has 0 atom stereocenters. The summed E-state index contributed by atoms with van der Waals surface area (Å²) in [6.07, 6.45) is 1.07. The Morgan fingerprint density at radius 3 is 2.35 bits per heavy atom. The van der Waals surface area contributed by atoms with Gasteiger partial charge in [0.15, 0.2) is 5.96 Å². The number of hydrogen-bond donors (Lipinski definition) is 3. The number of carbonyl (C=O) groups is 1. The lowest BCUT2D eigenvalue weighted by atomic mass is 10.1. The molecule has 3 N–H and O–H groups in total. The summed E-state index contributed by atoms with van der Waals surface area (Å²) in [5, 5.41) is 9.16. The molecule has 6 nitrogen and oxygen atoms in total. The van der Waals surface area contributed by atoms with Gasteiger partial charge in [-0.1, -0.05) is 13.8 Å². The van der Waals surface area contributed by atoms with Crippen LogP contribution in [0.4, 0.5) is 0 Å². The van der Waals surface area contributed by atoms with Crippen LogP contribution in [0.15, 0.2) is 4.99 Å². The summed E-state index contributed by atoms with van der Waals surface area (Å²) in [6.45, 7) is 15.1. The summed E-state index contributed by atoms with van der Waals surface area (Å²) in [5.74, 6) is 1.21.